The second-order valence-corrected chi connectivity index (χ2v) is 6.47. The highest BCUT2D eigenvalue weighted by atomic mass is 79.9. The average Bonchev–Trinajstić information content (AvgIpc) is 2.29. The normalized spacial score (nSPS) is 11.5. The van der Waals surface area contributed by atoms with Crippen molar-refractivity contribution in [1.82, 2.24) is 4.72 Å². The van der Waals surface area contributed by atoms with Gasteiger partial charge < -0.3 is 4.74 Å². The van der Waals surface area contributed by atoms with Crippen molar-refractivity contribution in [2.75, 3.05) is 19.4 Å². The van der Waals surface area contributed by atoms with Crippen LogP contribution in [0, 0.1) is 0 Å². The third-order valence-electron chi connectivity index (χ3n) is 2.33. The van der Waals surface area contributed by atoms with Crippen molar-refractivity contribution >= 4 is 26.0 Å². The maximum Gasteiger partial charge on any atom is 0.211 e. The molecule has 6 heteroatoms. The standard InChI is InChI=1S/C11H16BrNO3S/c1-3-17(14,15)13-7-6-9-4-5-11(16-2)10(12)8-9/h4-5,8,13H,3,6-7H2,1-2H3. The molecule has 0 aliphatic heterocycles. The summed E-state index contributed by atoms with van der Waals surface area (Å²) in [6.45, 7) is 2.03. The molecule has 0 spiro atoms. The molecule has 0 aliphatic rings. The van der Waals surface area contributed by atoms with Crippen molar-refractivity contribution in [3.63, 3.8) is 0 Å². The van der Waals surface area contributed by atoms with Crippen LogP contribution in [0.5, 0.6) is 5.75 Å². The SMILES string of the molecule is CCS(=O)(=O)NCCc1ccc(OC)c(Br)c1. The topological polar surface area (TPSA) is 55.4 Å². The Morgan fingerprint density at radius 2 is 2.12 bits per heavy atom. The Morgan fingerprint density at radius 1 is 1.41 bits per heavy atom. The van der Waals surface area contributed by atoms with Crippen LogP contribution in [0.2, 0.25) is 0 Å². The first-order chi connectivity index (χ1) is 7.98. The summed E-state index contributed by atoms with van der Waals surface area (Å²) in [5, 5.41) is 0. The minimum absolute atomic E-state index is 0.110. The van der Waals surface area contributed by atoms with Crippen LogP contribution in [-0.2, 0) is 16.4 Å². The van der Waals surface area contributed by atoms with E-state index < -0.39 is 10.0 Å². The van der Waals surface area contributed by atoms with Crippen LogP contribution in [0.25, 0.3) is 0 Å². The Hall–Kier alpha value is -0.590. The zero-order valence-corrected chi connectivity index (χ0v) is 12.3. The van der Waals surface area contributed by atoms with Crippen molar-refractivity contribution in [2.24, 2.45) is 0 Å². The van der Waals surface area contributed by atoms with Gasteiger partial charge in [-0.05, 0) is 47.0 Å². The van der Waals surface area contributed by atoms with E-state index in [1.165, 1.54) is 0 Å². The van der Waals surface area contributed by atoms with Crippen LogP contribution in [0.3, 0.4) is 0 Å². The maximum absolute atomic E-state index is 11.2. The molecule has 96 valence electrons. The molecule has 0 unspecified atom stereocenters. The number of rotatable bonds is 6. The minimum atomic E-state index is -3.10. The first-order valence-corrected chi connectivity index (χ1v) is 7.72. The smallest absolute Gasteiger partial charge is 0.211 e. The van der Waals surface area contributed by atoms with Gasteiger partial charge in [-0.3, -0.25) is 0 Å². The molecular formula is C11H16BrNO3S. The fourth-order valence-electron chi connectivity index (χ4n) is 1.32. The van der Waals surface area contributed by atoms with E-state index in [9.17, 15) is 8.42 Å². The molecule has 0 fully saturated rings. The molecule has 0 radical (unpaired) electrons. The summed E-state index contributed by atoms with van der Waals surface area (Å²) >= 11 is 3.39. The third kappa shape index (κ3) is 4.65. The lowest BCUT2D eigenvalue weighted by molar-refractivity contribution is 0.412. The summed E-state index contributed by atoms with van der Waals surface area (Å²) < 4.78 is 31.0. The summed E-state index contributed by atoms with van der Waals surface area (Å²) in [6, 6.07) is 5.71. The van der Waals surface area contributed by atoms with E-state index in [1.54, 1.807) is 14.0 Å². The number of hydrogen-bond donors (Lipinski definition) is 1. The molecule has 0 heterocycles. The van der Waals surface area contributed by atoms with Gasteiger partial charge in [-0.25, -0.2) is 13.1 Å². The van der Waals surface area contributed by atoms with E-state index in [0.717, 1.165) is 15.8 Å². The van der Waals surface area contributed by atoms with Gasteiger partial charge in [0.1, 0.15) is 5.75 Å². The number of sulfonamides is 1. The van der Waals surface area contributed by atoms with E-state index in [4.69, 9.17) is 4.74 Å². The zero-order valence-electron chi connectivity index (χ0n) is 9.86. The number of methoxy groups -OCH3 is 1. The van der Waals surface area contributed by atoms with E-state index in [1.807, 2.05) is 18.2 Å². The largest absolute Gasteiger partial charge is 0.496 e. The van der Waals surface area contributed by atoms with Gasteiger partial charge in [0.25, 0.3) is 0 Å². The fraction of sp³-hybridized carbons (Fsp3) is 0.455. The number of hydrogen-bond acceptors (Lipinski definition) is 3. The van der Waals surface area contributed by atoms with Crippen LogP contribution in [0.1, 0.15) is 12.5 Å². The molecule has 0 amide bonds. The van der Waals surface area contributed by atoms with Crippen molar-refractivity contribution in [1.29, 1.82) is 0 Å². The van der Waals surface area contributed by atoms with Crippen molar-refractivity contribution in [3.8, 4) is 5.75 Å². The number of benzene rings is 1. The lowest BCUT2D eigenvalue weighted by Gasteiger charge is -2.07. The van der Waals surface area contributed by atoms with Gasteiger partial charge in [-0.15, -0.1) is 0 Å². The molecule has 0 bridgehead atoms. The molecule has 0 aromatic heterocycles. The van der Waals surface area contributed by atoms with E-state index in [-0.39, 0.29) is 5.75 Å². The Morgan fingerprint density at radius 3 is 2.65 bits per heavy atom. The summed E-state index contributed by atoms with van der Waals surface area (Å²) in [7, 11) is -1.49. The van der Waals surface area contributed by atoms with Gasteiger partial charge in [-0.1, -0.05) is 6.07 Å². The Balaban J connectivity index is 2.56. The van der Waals surface area contributed by atoms with Crippen LogP contribution in [0.4, 0.5) is 0 Å². The lowest BCUT2D eigenvalue weighted by atomic mass is 10.1. The van der Waals surface area contributed by atoms with Gasteiger partial charge in [0.05, 0.1) is 17.3 Å². The lowest BCUT2D eigenvalue weighted by Crippen LogP contribution is -2.27. The molecule has 0 saturated carbocycles. The first-order valence-electron chi connectivity index (χ1n) is 5.28. The second-order valence-electron chi connectivity index (χ2n) is 3.52. The Bertz CT molecular complexity index is 474. The minimum Gasteiger partial charge on any atom is -0.496 e. The molecule has 0 aliphatic carbocycles. The number of nitrogens with one attached hydrogen (secondary N) is 1. The maximum atomic E-state index is 11.2. The molecular weight excluding hydrogens is 306 g/mol. The number of halogens is 1. The molecule has 17 heavy (non-hydrogen) atoms. The van der Waals surface area contributed by atoms with E-state index in [2.05, 4.69) is 20.7 Å². The first kappa shape index (κ1) is 14.5. The average molecular weight is 322 g/mol. The predicted octanol–water partition coefficient (Wildman–Crippen LogP) is 1.94. The van der Waals surface area contributed by atoms with Crippen molar-refractivity contribution < 1.29 is 13.2 Å². The molecule has 1 aromatic carbocycles. The zero-order chi connectivity index (χ0) is 12.9. The monoisotopic (exact) mass is 321 g/mol. The van der Waals surface area contributed by atoms with Crippen LogP contribution in [-0.4, -0.2) is 27.8 Å². The van der Waals surface area contributed by atoms with Crippen LogP contribution < -0.4 is 9.46 Å². The van der Waals surface area contributed by atoms with Crippen LogP contribution in [0.15, 0.2) is 22.7 Å². The van der Waals surface area contributed by atoms with E-state index in [0.29, 0.717) is 13.0 Å². The van der Waals surface area contributed by atoms with Crippen LogP contribution >= 0.6 is 15.9 Å². The molecule has 4 nitrogen and oxygen atoms in total. The highest BCUT2D eigenvalue weighted by Crippen LogP contribution is 2.25. The predicted molar refractivity (Wildman–Crippen MR) is 71.9 cm³/mol. The van der Waals surface area contributed by atoms with Gasteiger partial charge in [0.15, 0.2) is 0 Å². The Kier molecular flexibility index (Phi) is 5.42. The molecule has 1 aromatic rings. The van der Waals surface area contributed by atoms with Gasteiger partial charge in [0.2, 0.25) is 10.0 Å². The number of ether oxygens (including phenoxy) is 1. The highest BCUT2D eigenvalue weighted by Gasteiger charge is 2.06. The molecule has 1 rings (SSSR count). The van der Waals surface area contributed by atoms with E-state index >= 15 is 0 Å². The summed E-state index contributed by atoms with van der Waals surface area (Å²) in [6.07, 6.45) is 0.655. The molecule has 0 saturated heterocycles. The Labute approximate surface area is 111 Å². The van der Waals surface area contributed by atoms with Gasteiger partial charge in [0, 0.05) is 6.54 Å². The van der Waals surface area contributed by atoms with Gasteiger partial charge >= 0.3 is 0 Å². The summed E-state index contributed by atoms with van der Waals surface area (Å²) in [4.78, 5) is 0. The quantitative estimate of drug-likeness (QED) is 0.871. The summed E-state index contributed by atoms with van der Waals surface area (Å²) in [5.41, 5.74) is 1.05. The molecule has 1 N–H and O–H groups in total. The highest BCUT2D eigenvalue weighted by molar-refractivity contribution is 9.10. The van der Waals surface area contributed by atoms with Gasteiger partial charge in [-0.2, -0.15) is 0 Å². The third-order valence-corrected chi connectivity index (χ3v) is 4.36. The van der Waals surface area contributed by atoms with Crippen molar-refractivity contribution in [2.45, 2.75) is 13.3 Å². The molecule has 0 atom stereocenters. The summed E-state index contributed by atoms with van der Waals surface area (Å²) in [5.74, 6) is 0.877. The fourth-order valence-corrected chi connectivity index (χ4v) is 2.52. The van der Waals surface area contributed by atoms with Crippen molar-refractivity contribution in [3.05, 3.63) is 28.2 Å². The second kappa shape index (κ2) is 6.37.